The molecule has 0 bridgehead atoms. The van der Waals surface area contributed by atoms with Crippen LogP contribution in [-0.4, -0.2) is 20.1 Å². The Balaban J connectivity index is 1.54. The summed E-state index contributed by atoms with van der Waals surface area (Å²) < 4.78 is 27.5. The van der Waals surface area contributed by atoms with Crippen LogP contribution in [0.5, 0.6) is 0 Å². The molecule has 0 spiro atoms. The smallest absolute Gasteiger partial charge is 0.261 e. The first-order chi connectivity index (χ1) is 14.3. The lowest BCUT2D eigenvalue weighted by Crippen LogP contribution is -2.15. The topological polar surface area (TPSA) is 75.3 Å². The molecule has 8 heteroatoms. The first-order valence-electron chi connectivity index (χ1n) is 9.14. The zero-order valence-electron chi connectivity index (χ0n) is 16.3. The van der Waals surface area contributed by atoms with Gasteiger partial charge in [-0.3, -0.25) is 9.52 Å². The van der Waals surface area contributed by atoms with E-state index in [0.29, 0.717) is 22.2 Å². The molecular formula is C22H21ClN2O3S2. The first-order valence-corrected chi connectivity index (χ1v) is 12.2. The molecule has 3 aromatic rings. The molecule has 156 valence electrons. The summed E-state index contributed by atoms with van der Waals surface area (Å²) >= 11 is 7.35. The fraction of sp³-hybridized carbons (Fsp3) is 0.136. The van der Waals surface area contributed by atoms with Crippen LogP contribution >= 0.6 is 23.4 Å². The van der Waals surface area contributed by atoms with Crippen molar-refractivity contribution in [2.75, 3.05) is 15.8 Å². The van der Waals surface area contributed by atoms with Gasteiger partial charge in [0.2, 0.25) is 5.91 Å². The zero-order valence-corrected chi connectivity index (χ0v) is 18.7. The van der Waals surface area contributed by atoms with Crippen LogP contribution < -0.4 is 10.0 Å². The normalized spacial score (nSPS) is 11.1. The molecule has 0 aliphatic heterocycles. The molecule has 0 saturated carbocycles. The second-order valence-corrected chi connectivity index (χ2v) is 9.71. The fourth-order valence-corrected chi connectivity index (χ4v) is 4.76. The van der Waals surface area contributed by atoms with E-state index in [1.165, 1.54) is 35.0 Å². The molecule has 0 saturated heterocycles. The van der Waals surface area contributed by atoms with E-state index in [2.05, 4.69) is 16.1 Å². The number of hydrogen-bond donors (Lipinski definition) is 2. The third kappa shape index (κ3) is 6.26. The quantitative estimate of drug-likeness (QED) is 0.477. The van der Waals surface area contributed by atoms with E-state index in [4.69, 9.17) is 11.6 Å². The van der Waals surface area contributed by atoms with Gasteiger partial charge in [0.25, 0.3) is 10.0 Å². The monoisotopic (exact) mass is 460 g/mol. The van der Waals surface area contributed by atoms with Gasteiger partial charge in [0.15, 0.2) is 0 Å². The van der Waals surface area contributed by atoms with Gasteiger partial charge in [-0.05, 0) is 66.6 Å². The molecule has 2 N–H and O–H groups in total. The number of hydrogen-bond acceptors (Lipinski definition) is 4. The Morgan fingerprint density at radius 3 is 2.23 bits per heavy atom. The minimum absolute atomic E-state index is 0.101. The molecule has 0 heterocycles. The number of carbonyl (C=O) groups is 1. The minimum Gasteiger partial charge on any atom is -0.325 e. The van der Waals surface area contributed by atoms with E-state index >= 15 is 0 Å². The van der Waals surface area contributed by atoms with Gasteiger partial charge in [-0.15, -0.1) is 11.8 Å². The third-order valence-corrected chi connectivity index (χ3v) is 6.93. The molecule has 0 aromatic heterocycles. The minimum atomic E-state index is -3.73. The summed E-state index contributed by atoms with van der Waals surface area (Å²) in [5.41, 5.74) is 3.37. The Bertz CT molecular complexity index is 1120. The highest BCUT2D eigenvalue weighted by Gasteiger charge is 2.14. The number of carbonyl (C=O) groups excluding carboxylic acids is 1. The van der Waals surface area contributed by atoms with Crippen LogP contribution in [0.2, 0.25) is 5.02 Å². The lowest BCUT2D eigenvalue weighted by atomic mass is 10.1. The van der Waals surface area contributed by atoms with Gasteiger partial charge in [0.1, 0.15) is 0 Å². The standard InChI is InChI=1S/C22H21ClN2O3S2/c1-16-4-2-3-5-17(16)14-29-15-22(26)24-19-10-12-21(13-11-19)30(27,28)25-20-8-6-18(23)7-9-20/h2-13,25H,14-15H2,1H3,(H,24,26). The van der Waals surface area contributed by atoms with Crippen molar-refractivity contribution < 1.29 is 13.2 Å². The highest BCUT2D eigenvalue weighted by Crippen LogP contribution is 2.20. The predicted octanol–water partition coefficient (Wildman–Crippen LogP) is 5.32. The van der Waals surface area contributed by atoms with Crippen LogP contribution in [0.3, 0.4) is 0 Å². The summed E-state index contributed by atoms with van der Waals surface area (Å²) in [7, 11) is -3.73. The van der Waals surface area contributed by atoms with Crippen LogP contribution in [0.15, 0.2) is 77.7 Å². The second kappa shape index (κ2) is 10.0. The third-order valence-electron chi connectivity index (χ3n) is 4.30. The number of aryl methyl sites for hydroxylation is 1. The fourth-order valence-electron chi connectivity index (χ4n) is 2.67. The van der Waals surface area contributed by atoms with Crippen molar-refractivity contribution in [3.05, 3.63) is 88.9 Å². The maximum absolute atomic E-state index is 12.5. The molecule has 5 nitrogen and oxygen atoms in total. The van der Waals surface area contributed by atoms with Gasteiger partial charge in [0, 0.05) is 22.2 Å². The number of amides is 1. The van der Waals surface area contributed by atoms with Crippen molar-refractivity contribution in [3.8, 4) is 0 Å². The van der Waals surface area contributed by atoms with Gasteiger partial charge in [-0.2, -0.15) is 0 Å². The molecule has 0 fully saturated rings. The Morgan fingerprint density at radius 2 is 1.57 bits per heavy atom. The van der Waals surface area contributed by atoms with E-state index in [1.807, 2.05) is 25.1 Å². The highest BCUT2D eigenvalue weighted by molar-refractivity contribution is 7.99. The summed E-state index contributed by atoms with van der Waals surface area (Å²) in [4.78, 5) is 12.3. The summed E-state index contributed by atoms with van der Waals surface area (Å²) in [5.74, 6) is 0.934. The average molecular weight is 461 g/mol. The maximum atomic E-state index is 12.5. The molecule has 0 radical (unpaired) electrons. The van der Waals surface area contributed by atoms with Crippen molar-refractivity contribution in [1.29, 1.82) is 0 Å². The van der Waals surface area contributed by atoms with E-state index in [0.717, 1.165) is 5.75 Å². The van der Waals surface area contributed by atoms with Crippen LogP contribution in [-0.2, 0) is 20.6 Å². The Kier molecular flexibility index (Phi) is 7.42. The van der Waals surface area contributed by atoms with Crippen molar-refractivity contribution in [2.24, 2.45) is 0 Å². The van der Waals surface area contributed by atoms with Gasteiger partial charge in [0.05, 0.1) is 10.6 Å². The maximum Gasteiger partial charge on any atom is 0.261 e. The Hall–Kier alpha value is -2.48. The molecule has 0 unspecified atom stereocenters. The number of anilines is 2. The average Bonchev–Trinajstić information content (AvgIpc) is 2.71. The number of benzene rings is 3. The number of nitrogens with one attached hydrogen (secondary N) is 2. The molecule has 0 aliphatic rings. The second-order valence-electron chi connectivity index (χ2n) is 6.60. The summed E-state index contributed by atoms with van der Waals surface area (Å²) in [5, 5.41) is 3.31. The first kappa shape index (κ1) is 22.2. The van der Waals surface area contributed by atoms with Crippen LogP contribution in [0.25, 0.3) is 0 Å². The SMILES string of the molecule is Cc1ccccc1CSCC(=O)Nc1ccc(S(=O)(=O)Nc2ccc(Cl)cc2)cc1. The molecule has 3 aromatic carbocycles. The Labute approximate surface area is 185 Å². The molecular weight excluding hydrogens is 440 g/mol. The van der Waals surface area contributed by atoms with E-state index in [1.54, 1.807) is 36.4 Å². The molecule has 30 heavy (non-hydrogen) atoms. The van der Waals surface area contributed by atoms with Crippen LogP contribution in [0, 0.1) is 6.92 Å². The summed E-state index contributed by atoms with van der Waals surface area (Å²) in [6.07, 6.45) is 0. The number of thioether (sulfide) groups is 1. The largest absolute Gasteiger partial charge is 0.325 e. The van der Waals surface area contributed by atoms with Crippen LogP contribution in [0.4, 0.5) is 11.4 Å². The molecule has 3 rings (SSSR count). The zero-order chi connectivity index (χ0) is 21.6. The molecule has 1 amide bonds. The summed E-state index contributed by atoms with van der Waals surface area (Å²) in [6.45, 7) is 2.05. The van der Waals surface area contributed by atoms with Crippen molar-refractivity contribution in [1.82, 2.24) is 0 Å². The molecule has 0 aliphatic carbocycles. The van der Waals surface area contributed by atoms with Gasteiger partial charge < -0.3 is 5.32 Å². The van der Waals surface area contributed by atoms with Gasteiger partial charge >= 0.3 is 0 Å². The van der Waals surface area contributed by atoms with Gasteiger partial charge in [-0.1, -0.05) is 35.9 Å². The number of rotatable bonds is 8. The number of sulfonamides is 1. The highest BCUT2D eigenvalue weighted by atomic mass is 35.5. The van der Waals surface area contributed by atoms with Crippen molar-refractivity contribution >= 4 is 50.7 Å². The molecule has 0 atom stereocenters. The predicted molar refractivity (Wildman–Crippen MR) is 125 cm³/mol. The van der Waals surface area contributed by atoms with Crippen LogP contribution in [0.1, 0.15) is 11.1 Å². The summed E-state index contributed by atoms with van der Waals surface area (Å²) in [6, 6.07) is 20.5. The van der Waals surface area contributed by atoms with Crippen molar-refractivity contribution in [2.45, 2.75) is 17.6 Å². The lowest BCUT2D eigenvalue weighted by Gasteiger charge is -2.10. The van der Waals surface area contributed by atoms with E-state index in [9.17, 15) is 13.2 Å². The Morgan fingerprint density at radius 1 is 0.933 bits per heavy atom. The van der Waals surface area contributed by atoms with E-state index < -0.39 is 10.0 Å². The lowest BCUT2D eigenvalue weighted by molar-refractivity contribution is -0.113. The number of halogens is 1. The van der Waals surface area contributed by atoms with Gasteiger partial charge in [-0.25, -0.2) is 8.42 Å². The van der Waals surface area contributed by atoms with Crippen molar-refractivity contribution in [3.63, 3.8) is 0 Å². The van der Waals surface area contributed by atoms with E-state index in [-0.39, 0.29) is 10.8 Å².